The quantitative estimate of drug-likeness (QED) is 0.281. The summed E-state index contributed by atoms with van der Waals surface area (Å²) in [6, 6.07) is 23.8. The number of rotatable bonds is 9. The zero-order chi connectivity index (χ0) is 27.2. The summed E-state index contributed by atoms with van der Waals surface area (Å²) in [7, 11) is 1.59. The van der Waals surface area contributed by atoms with Crippen LogP contribution in [0.3, 0.4) is 0 Å². The van der Waals surface area contributed by atoms with Crippen LogP contribution in [0.25, 0.3) is 0 Å². The molecule has 0 unspecified atom stereocenters. The van der Waals surface area contributed by atoms with Crippen molar-refractivity contribution in [2.75, 3.05) is 20.3 Å². The van der Waals surface area contributed by atoms with E-state index in [-0.39, 0.29) is 13.2 Å². The van der Waals surface area contributed by atoms with E-state index in [0.717, 1.165) is 11.1 Å². The minimum Gasteiger partial charge on any atom is -0.497 e. The predicted molar refractivity (Wildman–Crippen MR) is 143 cm³/mol. The van der Waals surface area contributed by atoms with Crippen molar-refractivity contribution < 1.29 is 38.0 Å². The predicted octanol–water partition coefficient (Wildman–Crippen LogP) is 5.02. The number of benzene rings is 3. The van der Waals surface area contributed by atoms with Crippen molar-refractivity contribution in [1.82, 2.24) is 0 Å². The van der Waals surface area contributed by atoms with E-state index in [2.05, 4.69) is 6.58 Å². The van der Waals surface area contributed by atoms with E-state index in [1.165, 1.54) is 0 Å². The number of hydrogen-bond acceptors (Lipinski definition) is 8. The van der Waals surface area contributed by atoms with Gasteiger partial charge < -0.3 is 33.2 Å². The summed E-state index contributed by atoms with van der Waals surface area (Å²) in [4.78, 5) is 13.3. The molecule has 0 bridgehead atoms. The molecule has 0 amide bonds. The molecule has 0 spiro atoms. The molecule has 3 aromatic carbocycles. The van der Waals surface area contributed by atoms with Gasteiger partial charge >= 0.3 is 5.97 Å². The Kier molecular flexibility index (Phi) is 8.58. The first kappa shape index (κ1) is 26.9. The van der Waals surface area contributed by atoms with Crippen LogP contribution in [0.1, 0.15) is 27.8 Å². The Morgan fingerprint density at radius 1 is 0.949 bits per heavy atom. The molecule has 0 aromatic heterocycles. The number of carbonyl (C=O) groups is 1. The van der Waals surface area contributed by atoms with Crippen LogP contribution in [0, 0.1) is 6.92 Å². The first-order valence-electron chi connectivity index (χ1n) is 12.8. The fourth-order valence-corrected chi connectivity index (χ4v) is 4.58. The number of esters is 1. The highest BCUT2D eigenvalue weighted by Gasteiger charge is 2.53. The number of aryl methyl sites for hydroxylation is 1. The zero-order valence-electron chi connectivity index (χ0n) is 21.9. The first-order chi connectivity index (χ1) is 19.1. The summed E-state index contributed by atoms with van der Waals surface area (Å²) in [5, 5.41) is 0. The molecule has 0 N–H and O–H groups in total. The lowest BCUT2D eigenvalue weighted by atomic mass is 9.97. The van der Waals surface area contributed by atoms with Crippen molar-refractivity contribution in [2.45, 2.75) is 43.9 Å². The van der Waals surface area contributed by atoms with E-state index >= 15 is 0 Å². The number of fused-ring (bicyclic) bond motifs is 1. The van der Waals surface area contributed by atoms with Gasteiger partial charge in [0.15, 0.2) is 12.4 Å². The van der Waals surface area contributed by atoms with Gasteiger partial charge in [-0.2, -0.15) is 0 Å². The van der Waals surface area contributed by atoms with E-state index in [4.69, 9.17) is 33.2 Å². The largest absolute Gasteiger partial charge is 0.497 e. The average molecular weight is 533 g/mol. The summed E-state index contributed by atoms with van der Waals surface area (Å²) in [6.07, 6.45) is -2.81. The molecule has 2 saturated heterocycles. The molecule has 204 valence electrons. The molecular formula is C31H32O8. The van der Waals surface area contributed by atoms with Crippen LogP contribution >= 0.6 is 0 Å². The maximum atomic E-state index is 13.3. The number of methoxy groups -OCH3 is 1. The van der Waals surface area contributed by atoms with Crippen LogP contribution in [0.4, 0.5) is 0 Å². The van der Waals surface area contributed by atoms with Crippen LogP contribution in [-0.2, 0) is 23.7 Å². The van der Waals surface area contributed by atoms with Gasteiger partial charge in [0.05, 0.1) is 25.9 Å². The van der Waals surface area contributed by atoms with Gasteiger partial charge in [-0.25, -0.2) is 4.79 Å². The highest BCUT2D eigenvalue weighted by Crippen LogP contribution is 2.37. The first-order valence-corrected chi connectivity index (χ1v) is 12.8. The Balaban J connectivity index is 1.45. The molecule has 39 heavy (non-hydrogen) atoms. The Hall–Kier alpha value is -3.69. The van der Waals surface area contributed by atoms with Crippen LogP contribution in [-0.4, -0.2) is 57.0 Å². The smallest absolute Gasteiger partial charge is 0.338 e. The third-order valence-electron chi connectivity index (χ3n) is 6.60. The molecule has 2 aliphatic heterocycles. The van der Waals surface area contributed by atoms with Crippen molar-refractivity contribution in [2.24, 2.45) is 0 Å². The van der Waals surface area contributed by atoms with Gasteiger partial charge in [-0.3, -0.25) is 0 Å². The van der Waals surface area contributed by atoms with Crippen LogP contribution in [0.15, 0.2) is 91.5 Å². The molecular weight excluding hydrogens is 500 g/mol. The lowest BCUT2D eigenvalue weighted by Gasteiger charge is -2.48. The molecule has 0 radical (unpaired) electrons. The van der Waals surface area contributed by atoms with Crippen LogP contribution in [0.2, 0.25) is 0 Å². The van der Waals surface area contributed by atoms with Crippen molar-refractivity contribution in [3.63, 3.8) is 0 Å². The summed E-state index contributed by atoms with van der Waals surface area (Å²) in [6.45, 7) is 6.18. The van der Waals surface area contributed by atoms with Crippen molar-refractivity contribution in [3.8, 4) is 11.5 Å². The Morgan fingerprint density at radius 2 is 1.67 bits per heavy atom. The Labute approximate surface area is 228 Å². The molecule has 6 atom stereocenters. The maximum Gasteiger partial charge on any atom is 0.338 e. The minimum atomic E-state index is -0.996. The summed E-state index contributed by atoms with van der Waals surface area (Å²) >= 11 is 0. The number of carbonyl (C=O) groups excluding carboxylic acids is 1. The van der Waals surface area contributed by atoms with Crippen LogP contribution in [0.5, 0.6) is 11.5 Å². The molecule has 8 nitrogen and oxygen atoms in total. The summed E-state index contributed by atoms with van der Waals surface area (Å²) in [5.41, 5.74) is 2.30. The molecule has 2 fully saturated rings. The second kappa shape index (κ2) is 12.4. The van der Waals surface area contributed by atoms with E-state index in [1.807, 2.05) is 49.4 Å². The van der Waals surface area contributed by atoms with Crippen LogP contribution < -0.4 is 9.47 Å². The Morgan fingerprint density at radius 3 is 2.36 bits per heavy atom. The van der Waals surface area contributed by atoms with Gasteiger partial charge in [-0.15, -0.1) is 6.58 Å². The van der Waals surface area contributed by atoms with Gasteiger partial charge in [0.25, 0.3) is 0 Å². The monoisotopic (exact) mass is 532 g/mol. The van der Waals surface area contributed by atoms with Gasteiger partial charge in [0.1, 0.15) is 29.8 Å². The minimum absolute atomic E-state index is 0.210. The van der Waals surface area contributed by atoms with E-state index in [1.54, 1.807) is 49.6 Å². The second-order valence-electron chi connectivity index (χ2n) is 9.34. The van der Waals surface area contributed by atoms with Crippen molar-refractivity contribution in [1.29, 1.82) is 0 Å². The van der Waals surface area contributed by atoms with Gasteiger partial charge in [-0.1, -0.05) is 54.1 Å². The lowest BCUT2D eigenvalue weighted by molar-refractivity contribution is -0.353. The fourth-order valence-electron chi connectivity index (χ4n) is 4.58. The van der Waals surface area contributed by atoms with Gasteiger partial charge in [0, 0.05) is 5.56 Å². The average Bonchev–Trinajstić information content (AvgIpc) is 2.98. The van der Waals surface area contributed by atoms with Crippen molar-refractivity contribution >= 4 is 5.97 Å². The van der Waals surface area contributed by atoms with E-state index in [0.29, 0.717) is 17.1 Å². The highest BCUT2D eigenvalue weighted by molar-refractivity contribution is 5.89. The topological polar surface area (TPSA) is 81.7 Å². The van der Waals surface area contributed by atoms with E-state index in [9.17, 15) is 4.79 Å². The molecule has 2 heterocycles. The fraction of sp³-hybridized carbons (Fsp3) is 0.323. The highest BCUT2D eigenvalue weighted by atomic mass is 16.8. The standard InChI is InChI=1S/C31H32O8/c1-4-18-34-27-26-25(19-35-30(39-26)22-8-6-5-7-9-22)37-31(36-24-16-14-23(33-3)15-17-24)28(27)38-29(32)21-12-10-20(2)11-13-21/h4-17,25-28,30-31H,1,18-19H2,2-3H3/t25-,26+,27+,28-,30-,31-/m1/s1. The third-order valence-corrected chi connectivity index (χ3v) is 6.60. The molecule has 0 aliphatic carbocycles. The number of hydrogen-bond donors (Lipinski definition) is 0. The van der Waals surface area contributed by atoms with Gasteiger partial charge in [0.2, 0.25) is 6.29 Å². The lowest BCUT2D eigenvalue weighted by Crippen LogP contribution is -2.64. The summed E-state index contributed by atoms with van der Waals surface area (Å²) in [5.74, 6) is 0.671. The zero-order valence-corrected chi connectivity index (χ0v) is 21.9. The normalized spacial score (nSPS) is 26.2. The molecule has 8 heteroatoms. The SMILES string of the molecule is C=CCO[C@H]1[C@H]2O[C@H](c3ccccc3)OC[C@H]2O[C@@H](Oc2ccc(OC)cc2)[C@@H]1OC(=O)c1ccc(C)cc1. The van der Waals surface area contributed by atoms with E-state index < -0.39 is 43.0 Å². The summed E-state index contributed by atoms with van der Waals surface area (Å²) < 4.78 is 42.4. The maximum absolute atomic E-state index is 13.3. The Bertz CT molecular complexity index is 1230. The molecule has 3 aromatic rings. The number of ether oxygens (including phenoxy) is 7. The van der Waals surface area contributed by atoms with Crippen molar-refractivity contribution in [3.05, 3.63) is 108 Å². The third kappa shape index (κ3) is 6.32. The molecule has 2 aliphatic rings. The molecule has 0 saturated carbocycles. The molecule has 5 rings (SSSR count). The van der Waals surface area contributed by atoms with Gasteiger partial charge in [-0.05, 0) is 43.3 Å². The second-order valence-corrected chi connectivity index (χ2v) is 9.34.